The highest BCUT2D eigenvalue weighted by atomic mass is 28.4. The molecule has 2 rings (SSSR count). The van der Waals surface area contributed by atoms with Gasteiger partial charge < -0.3 is 13.9 Å². The molecule has 0 heterocycles. The highest BCUT2D eigenvalue weighted by Gasteiger charge is 2.36. The fraction of sp³-hybridized carbons (Fsp3) is 0.462. The summed E-state index contributed by atoms with van der Waals surface area (Å²) in [5, 5.41) is 0.213. The van der Waals surface area contributed by atoms with Gasteiger partial charge in [-0.05, 0) is 48.3 Å². The number of methoxy groups -OCH3 is 1. The molecule has 1 unspecified atom stereocenters. The molecule has 0 spiro atoms. The Morgan fingerprint density at radius 3 is 2.10 bits per heavy atom. The molecule has 2 aromatic rings. The van der Waals surface area contributed by atoms with Crippen LogP contribution in [0, 0.1) is 0 Å². The Hall–Kier alpha value is -1.88. The van der Waals surface area contributed by atoms with Crippen molar-refractivity contribution in [2.75, 3.05) is 20.3 Å². The number of hydrogen-bond donors (Lipinski definition) is 0. The van der Waals surface area contributed by atoms with Crippen molar-refractivity contribution >= 4 is 8.32 Å². The van der Waals surface area contributed by atoms with Gasteiger partial charge in [0.05, 0.1) is 26.9 Å². The fourth-order valence-corrected chi connectivity index (χ4v) is 3.88. The maximum atomic E-state index is 6.32. The molecular formula is C26H38O3Si. The predicted molar refractivity (Wildman–Crippen MR) is 129 cm³/mol. The molecule has 0 amide bonds. The maximum absolute atomic E-state index is 6.32. The highest BCUT2D eigenvalue weighted by molar-refractivity contribution is 6.74. The average Bonchev–Trinajstić information content (AvgIpc) is 2.71. The molecule has 1 atom stereocenters. The standard InChI is InChI=1S/C26H38O3Si/c1-25(2,3)30(6,7)29-19-11-18-26(4,23-12-9-8-10-13-23)21-28-20-22-14-16-24(27-5)17-15-22/h8-18H,19-21H2,1-7H3/b18-11+. The Kier molecular flexibility index (Phi) is 8.48. The van der Waals surface area contributed by atoms with E-state index < -0.39 is 8.32 Å². The van der Waals surface area contributed by atoms with Gasteiger partial charge >= 0.3 is 0 Å². The van der Waals surface area contributed by atoms with Gasteiger partial charge in [-0.1, -0.05) is 75.4 Å². The van der Waals surface area contributed by atoms with Crippen LogP contribution in [0.5, 0.6) is 5.75 Å². The molecule has 164 valence electrons. The normalized spacial score (nSPS) is 14.6. The molecule has 3 nitrogen and oxygen atoms in total. The lowest BCUT2D eigenvalue weighted by molar-refractivity contribution is 0.0909. The van der Waals surface area contributed by atoms with Crippen molar-refractivity contribution in [3.05, 3.63) is 77.9 Å². The molecule has 0 aromatic heterocycles. The van der Waals surface area contributed by atoms with Crippen LogP contribution in [0.15, 0.2) is 66.7 Å². The predicted octanol–water partition coefficient (Wildman–Crippen LogP) is 6.75. The molecule has 30 heavy (non-hydrogen) atoms. The van der Waals surface area contributed by atoms with Crippen LogP contribution in [-0.2, 0) is 21.2 Å². The van der Waals surface area contributed by atoms with E-state index in [0.29, 0.717) is 19.8 Å². The Morgan fingerprint density at radius 1 is 0.900 bits per heavy atom. The van der Waals surface area contributed by atoms with Gasteiger partial charge in [-0.25, -0.2) is 0 Å². The van der Waals surface area contributed by atoms with Crippen molar-refractivity contribution < 1.29 is 13.9 Å². The molecular weight excluding hydrogens is 388 g/mol. The minimum Gasteiger partial charge on any atom is -0.497 e. The van der Waals surface area contributed by atoms with Crippen molar-refractivity contribution in [3.8, 4) is 5.75 Å². The zero-order valence-electron chi connectivity index (χ0n) is 19.7. The van der Waals surface area contributed by atoms with Crippen molar-refractivity contribution in [1.82, 2.24) is 0 Å². The first-order chi connectivity index (χ1) is 14.1. The molecule has 0 saturated carbocycles. The first-order valence-corrected chi connectivity index (χ1v) is 13.6. The largest absolute Gasteiger partial charge is 0.497 e. The van der Waals surface area contributed by atoms with Crippen LogP contribution < -0.4 is 4.74 Å². The summed E-state index contributed by atoms with van der Waals surface area (Å²) in [5.41, 5.74) is 2.16. The Morgan fingerprint density at radius 2 is 1.53 bits per heavy atom. The monoisotopic (exact) mass is 426 g/mol. The molecule has 2 aromatic carbocycles. The van der Waals surface area contributed by atoms with Crippen molar-refractivity contribution in [2.45, 2.75) is 57.8 Å². The summed E-state index contributed by atoms with van der Waals surface area (Å²) in [4.78, 5) is 0. The first-order valence-electron chi connectivity index (χ1n) is 10.7. The highest BCUT2D eigenvalue weighted by Crippen LogP contribution is 2.36. The van der Waals surface area contributed by atoms with E-state index in [-0.39, 0.29) is 10.5 Å². The molecule has 0 aliphatic heterocycles. The van der Waals surface area contributed by atoms with E-state index in [9.17, 15) is 0 Å². The van der Waals surface area contributed by atoms with E-state index >= 15 is 0 Å². The second kappa shape index (κ2) is 10.4. The summed E-state index contributed by atoms with van der Waals surface area (Å²) < 4.78 is 17.7. The third kappa shape index (κ3) is 6.83. The fourth-order valence-electron chi connectivity index (χ4n) is 2.93. The van der Waals surface area contributed by atoms with E-state index in [1.807, 2.05) is 30.3 Å². The van der Waals surface area contributed by atoms with Crippen LogP contribution in [0.3, 0.4) is 0 Å². The van der Waals surface area contributed by atoms with Gasteiger partial charge in [-0.15, -0.1) is 0 Å². The van der Waals surface area contributed by atoms with Gasteiger partial charge in [-0.2, -0.15) is 0 Å². The second-order valence-electron chi connectivity index (χ2n) is 9.60. The van der Waals surface area contributed by atoms with Crippen molar-refractivity contribution in [1.29, 1.82) is 0 Å². The molecule has 0 fully saturated rings. The third-order valence-corrected chi connectivity index (χ3v) is 10.6. The summed E-state index contributed by atoms with van der Waals surface area (Å²) in [6, 6.07) is 18.6. The summed E-state index contributed by atoms with van der Waals surface area (Å²) in [5.74, 6) is 0.859. The second-order valence-corrected chi connectivity index (χ2v) is 14.4. The van der Waals surface area contributed by atoms with Crippen molar-refractivity contribution in [2.24, 2.45) is 0 Å². The molecule has 0 aliphatic rings. The summed E-state index contributed by atoms with van der Waals surface area (Å²) in [6.07, 6.45) is 4.40. The minimum absolute atomic E-state index is 0.213. The number of ether oxygens (including phenoxy) is 2. The van der Waals surface area contributed by atoms with Gasteiger partial charge in [0.2, 0.25) is 0 Å². The summed E-state index contributed by atoms with van der Waals surface area (Å²) in [6.45, 7) is 15.4. The van der Waals surface area contributed by atoms with E-state index in [2.05, 4.69) is 77.2 Å². The SMILES string of the molecule is COc1ccc(COCC(C)(/C=C/CO[Si](C)(C)C(C)(C)C)c2ccccc2)cc1. The molecule has 0 saturated heterocycles. The third-order valence-electron chi connectivity index (χ3n) is 6.10. The molecule has 0 radical (unpaired) electrons. The number of benzene rings is 2. The molecule has 4 heteroatoms. The van der Waals surface area contributed by atoms with E-state index in [1.54, 1.807) is 7.11 Å². The zero-order chi connectivity index (χ0) is 22.3. The van der Waals surface area contributed by atoms with Crippen LogP contribution >= 0.6 is 0 Å². The van der Waals surface area contributed by atoms with E-state index in [1.165, 1.54) is 5.56 Å². The summed E-state index contributed by atoms with van der Waals surface area (Å²) >= 11 is 0. The number of hydrogen-bond acceptors (Lipinski definition) is 3. The van der Waals surface area contributed by atoms with Crippen LogP contribution in [0.4, 0.5) is 0 Å². The Labute approximate surface area is 184 Å². The van der Waals surface area contributed by atoms with E-state index in [0.717, 1.165) is 11.3 Å². The lowest BCUT2D eigenvalue weighted by atomic mass is 9.83. The topological polar surface area (TPSA) is 27.7 Å². The van der Waals surface area contributed by atoms with Gasteiger partial charge in [0.25, 0.3) is 0 Å². The minimum atomic E-state index is -1.75. The van der Waals surface area contributed by atoms with E-state index in [4.69, 9.17) is 13.9 Å². The van der Waals surface area contributed by atoms with Gasteiger partial charge in [0, 0.05) is 5.41 Å². The molecule has 0 N–H and O–H groups in total. The van der Waals surface area contributed by atoms with Crippen LogP contribution in [-0.4, -0.2) is 28.6 Å². The average molecular weight is 427 g/mol. The lowest BCUT2D eigenvalue weighted by Crippen LogP contribution is -2.40. The quantitative estimate of drug-likeness (QED) is 0.311. The summed E-state index contributed by atoms with van der Waals surface area (Å²) in [7, 11) is -0.0721. The first kappa shape index (κ1) is 24.4. The van der Waals surface area contributed by atoms with Crippen LogP contribution in [0.25, 0.3) is 0 Å². The Balaban J connectivity index is 2.04. The van der Waals surface area contributed by atoms with Gasteiger partial charge in [0.15, 0.2) is 8.32 Å². The zero-order valence-corrected chi connectivity index (χ0v) is 20.7. The maximum Gasteiger partial charge on any atom is 0.192 e. The molecule has 0 bridgehead atoms. The van der Waals surface area contributed by atoms with Gasteiger partial charge in [-0.3, -0.25) is 0 Å². The Bertz CT molecular complexity index is 791. The lowest BCUT2D eigenvalue weighted by Gasteiger charge is -2.36. The molecule has 0 aliphatic carbocycles. The van der Waals surface area contributed by atoms with Gasteiger partial charge in [0.1, 0.15) is 5.75 Å². The van der Waals surface area contributed by atoms with Crippen molar-refractivity contribution in [3.63, 3.8) is 0 Å². The van der Waals surface area contributed by atoms with Crippen LogP contribution in [0.1, 0.15) is 38.8 Å². The smallest absolute Gasteiger partial charge is 0.192 e. The number of rotatable bonds is 10. The van der Waals surface area contributed by atoms with Crippen LogP contribution in [0.2, 0.25) is 18.1 Å².